The fraction of sp³-hybridized carbons (Fsp3) is 0.789. The van der Waals surface area contributed by atoms with E-state index in [0.29, 0.717) is 17.4 Å². The molecule has 0 bridgehead atoms. The van der Waals surface area contributed by atoms with Gasteiger partial charge in [0.1, 0.15) is 13.2 Å². The van der Waals surface area contributed by atoms with Crippen molar-refractivity contribution in [3.63, 3.8) is 0 Å². The summed E-state index contributed by atoms with van der Waals surface area (Å²) >= 11 is 0. The van der Waals surface area contributed by atoms with E-state index in [1.165, 1.54) is 186 Å². The Bertz CT molecular complexity index is 1540. The van der Waals surface area contributed by atoms with Crippen molar-refractivity contribution in [2.24, 2.45) is 0 Å². The number of likely N-dealkylation sites (N-methyl/N-ethyl adjacent to an activating group) is 1. The lowest BCUT2D eigenvalue weighted by Gasteiger charge is -2.26. The number of carbonyl (C=O) groups excluding carboxylic acids is 3. The van der Waals surface area contributed by atoms with E-state index in [9.17, 15) is 19.5 Å². The lowest BCUT2D eigenvalue weighted by Crippen LogP contribution is -2.44. The van der Waals surface area contributed by atoms with E-state index in [2.05, 4.69) is 86.8 Å². The molecular formula is C71H127NO8. The van der Waals surface area contributed by atoms with Gasteiger partial charge in [-0.3, -0.25) is 9.59 Å². The number of ether oxygens (including phenoxy) is 4. The number of esters is 2. The van der Waals surface area contributed by atoms with Gasteiger partial charge in [-0.15, -0.1) is 0 Å². The average molecular weight is 1120 g/mol. The van der Waals surface area contributed by atoms with Crippen LogP contribution in [0.1, 0.15) is 303 Å². The van der Waals surface area contributed by atoms with Gasteiger partial charge in [0.2, 0.25) is 0 Å². The molecule has 2 unspecified atom stereocenters. The van der Waals surface area contributed by atoms with Crippen LogP contribution in [-0.4, -0.2) is 82.3 Å². The molecular weight excluding hydrogens is 995 g/mol. The van der Waals surface area contributed by atoms with Crippen LogP contribution in [0, 0.1) is 0 Å². The zero-order valence-electron chi connectivity index (χ0n) is 52.9. The number of nitrogens with zero attached hydrogens (tertiary/aromatic N) is 1. The summed E-state index contributed by atoms with van der Waals surface area (Å²) in [6.45, 7) is 4.65. The maximum absolute atomic E-state index is 12.9. The third kappa shape index (κ3) is 62.3. The number of unbranched alkanes of at least 4 members (excludes halogenated alkanes) is 35. The molecule has 464 valence electrons. The van der Waals surface area contributed by atoms with Gasteiger partial charge >= 0.3 is 11.9 Å². The molecule has 0 aliphatic heterocycles. The summed E-state index contributed by atoms with van der Waals surface area (Å²) < 4.78 is 22.7. The molecule has 9 nitrogen and oxygen atoms in total. The van der Waals surface area contributed by atoms with Gasteiger partial charge in [-0.25, -0.2) is 0 Å². The van der Waals surface area contributed by atoms with Crippen molar-refractivity contribution in [2.45, 2.75) is 315 Å². The van der Waals surface area contributed by atoms with E-state index in [-0.39, 0.29) is 38.6 Å². The normalized spacial score (nSPS) is 13.2. The summed E-state index contributed by atoms with van der Waals surface area (Å²) in [6.07, 6.45) is 78.5. The molecule has 0 fully saturated rings. The molecule has 0 N–H and O–H groups in total. The van der Waals surface area contributed by atoms with Gasteiger partial charge in [-0.1, -0.05) is 279 Å². The minimum Gasteiger partial charge on any atom is -0.545 e. The highest BCUT2D eigenvalue weighted by molar-refractivity contribution is 5.70. The Kier molecular flexibility index (Phi) is 59.3. The predicted molar refractivity (Wildman–Crippen MR) is 338 cm³/mol. The van der Waals surface area contributed by atoms with Crippen molar-refractivity contribution < 1.29 is 42.9 Å². The number of carboxylic acids is 1. The molecule has 0 rings (SSSR count). The van der Waals surface area contributed by atoms with E-state index in [1.54, 1.807) is 0 Å². The molecule has 0 aliphatic carbocycles. The SMILES string of the molecule is CC/C=C\C/C=C\C/C=C\C/C=C\C/C=C\CCCCCCCCCCCCCCCCCCCCCCCCCC(=O)OC(COC(=O)CCCCCCC/C=C\CCCCCCCCC)COC(OCC[N+](C)(C)C)C(=O)[O-]. The molecule has 9 heteroatoms. The van der Waals surface area contributed by atoms with E-state index in [4.69, 9.17) is 18.9 Å². The van der Waals surface area contributed by atoms with E-state index in [0.717, 1.165) is 83.5 Å². The Morgan fingerprint density at radius 2 is 0.713 bits per heavy atom. The zero-order valence-corrected chi connectivity index (χ0v) is 52.9. The van der Waals surface area contributed by atoms with Crippen LogP contribution >= 0.6 is 0 Å². The highest BCUT2D eigenvalue weighted by Gasteiger charge is 2.22. The Morgan fingerprint density at radius 3 is 1.07 bits per heavy atom. The highest BCUT2D eigenvalue weighted by Crippen LogP contribution is 2.18. The third-order valence-corrected chi connectivity index (χ3v) is 14.7. The fourth-order valence-electron chi connectivity index (χ4n) is 9.56. The van der Waals surface area contributed by atoms with Crippen molar-refractivity contribution in [1.82, 2.24) is 0 Å². The van der Waals surface area contributed by atoms with Gasteiger partial charge in [0.15, 0.2) is 12.4 Å². The van der Waals surface area contributed by atoms with Crippen LogP contribution in [0.15, 0.2) is 72.9 Å². The van der Waals surface area contributed by atoms with Crippen LogP contribution in [0.2, 0.25) is 0 Å². The minimum atomic E-state index is -1.62. The van der Waals surface area contributed by atoms with E-state index < -0.39 is 24.3 Å². The van der Waals surface area contributed by atoms with Gasteiger partial charge in [0.05, 0.1) is 40.3 Å². The number of rotatable bonds is 62. The second-order valence-electron chi connectivity index (χ2n) is 23.7. The highest BCUT2D eigenvalue weighted by atomic mass is 16.7. The average Bonchev–Trinajstić information content (AvgIpc) is 3.43. The summed E-state index contributed by atoms with van der Waals surface area (Å²) in [5, 5.41) is 11.8. The first kappa shape index (κ1) is 76.7. The van der Waals surface area contributed by atoms with Crippen molar-refractivity contribution in [2.75, 3.05) is 47.5 Å². The molecule has 0 saturated carbocycles. The van der Waals surface area contributed by atoms with Gasteiger partial charge in [0.25, 0.3) is 0 Å². The second kappa shape index (κ2) is 61.8. The molecule has 0 aliphatic rings. The number of hydrogen-bond acceptors (Lipinski definition) is 8. The number of hydrogen-bond donors (Lipinski definition) is 0. The maximum atomic E-state index is 12.9. The molecule has 80 heavy (non-hydrogen) atoms. The van der Waals surface area contributed by atoms with Crippen molar-refractivity contribution in [3.05, 3.63) is 72.9 Å². The standard InChI is InChI=1S/C71H127NO8/c1-6-8-10-12-14-16-18-20-22-24-25-26-27-28-29-30-31-32-33-34-35-36-37-38-39-40-41-42-43-44-45-46-48-50-52-54-56-58-60-62-69(74)80-67(66-79-71(70(75)76)77-64-63-72(3,4)5)65-78-68(73)61-59-57-55-53-51-49-47-23-21-19-17-15-13-11-9-7-2/h8,10,14,16,20,22-23,25-26,28-29,47,67,71H,6-7,9,11-13,15,17-19,21,24,27,30-46,48-66H2,1-5H3/b10-8-,16-14-,22-20-,26-25-,29-28-,47-23-. The lowest BCUT2D eigenvalue weighted by atomic mass is 10.0. The fourth-order valence-corrected chi connectivity index (χ4v) is 9.56. The van der Waals surface area contributed by atoms with E-state index in [1.807, 2.05) is 21.1 Å². The largest absolute Gasteiger partial charge is 0.545 e. The summed E-state index contributed by atoms with van der Waals surface area (Å²) in [7, 11) is 5.93. The number of aliphatic carboxylic acids is 1. The quantitative estimate of drug-likeness (QED) is 0.0195. The smallest absolute Gasteiger partial charge is 0.306 e. The number of allylic oxidation sites excluding steroid dienone is 12. The molecule has 0 amide bonds. The van der Waals surface area contributed by atoms with Gasteiger partial charge in [-0.2, -0.15) is 0 Å². The molecule has 0 aromatic rings. The molecule has 0 aromatic heterocycles. The summed E-state index contributed by atoms with van der Waals surface area (Å²) in [6, 6.07) is 0. The number of quaternary nitrogens is 1. The molecule has 0 aromatic carbocycles. The van der Waals surface area contributed by atoms with Crippen LogP contribution in [0.4, 0.5) is 0 Å². The van der Waals surface area contributed by atoms with Gasteiger partial charge in [0, 0.05) is 12.8 Å². The Hall–Kier alpha value is -3.27. The molecule has 0 radical (unpaired) electrons. The summed E-state index contributed by atoms with van der Waals surface area (Å²) in [4.78, 5) is 37.3. The summed E-state index contributed by atoms with van der Waals surface area (Å²) in [5.41, 5.74) is 0. The minimum absolute atomic E-state index is 0.147. The molecule has 2 atom stereocenters. The third-order valence-electron chi connectivity index (χ3n) is 14.7. The van der Waals surface area contributed by atoms with Crippen molar-refractivity contribution in [1.29, 1.82) is 0 Å². The molecule has 0 saturated heterocycles. The lowest BCUT2D eigenvalue weighted by molar-refractivity contribution is -0.870. The predicted octanol–water partition coefficient (Wildman–Crippen LogP) is 19.2. The Balaban J connectivity index is 3.99. The first-order valence-corrected chi connectivity index (χ1v) is 33.6. The first-order chi connectivity index (χ1) is 39.1. The monoisotopic (exact) mass is 1120 g/mol. The Morgan fingerprint density at radius 1 is 0.388 bits per heavy atom. The second-order valence-corrected chi connectivity index (χ2v) is 23.7. The van der Waals surface area contributed by atoms with E-state index >= 15 is 0 Å². The maximum Gasteiger partial charge on any atom is 0.306 e. The zero-order chi connectivity index (χ0) is 58.3. The van der Waals surface area contributed by atoms with Gasteiger partial charge < -0.3 is 33.3 Å². The van der Waals surface area contributed by atoms with Crippen LogP contribution < -0.4 is 5.11 Å². The first-order valence-electron chi connectivity index (χ1n) is 33.6. The van der Waals surface area contributed by atoms with Crippen molar-refractivity contribution in [3.8, 4) is 0 Å². The molecule has 0 heterocycles. The molecule has 0 spiro atoms. The summed E-state index contributed by atoms with van der Waals surface area (Å²) in [5.74, 6) is -2.28. The van der Waals surface area contributed by atoms with Crippen LogP contribution in [0.3, 0.4) is 0 Å². The Labute approximate surface area is 494 Å². The van der Waals surface area contributed by atoms with Crippen LogP contribution in [0.5, 0.6) is 0 Å². The number of carbonyl (C=O) groups is 3. The van der Waals surface area contributed by atoms with Crippen molar-refractivity contribution >= 4 is 17.9 Å². The topological polar surface area (TPSA) is 111 Å². The number of carboxylic acid groups (broad SMARTS) is 1. The van der Waals surface area contributed by atoms with Crippen LogP contribution in [-0.2, 0) is 33.3 Å². The van der Waals surface area contributed by atoms with Gasteiger partial charge in [-0.05, 0) is 83.5 Å². The van der Waals surface area contributed by atoms with Crippen LogP contribution in [0.25, 0.3) is 0 Å².